The molecule has 2 aliphatic heterocycles. The highest BCUT2D eigenvalue weighted by atomic mass is 16.2. The van der Waals surface area contributed by atoms with Crippen LogP contribution < -0.4 is 4.90 Å². The van der Waals surface area contributed by atoms with E-state index in [1.54, 1.807) is 4.90 Å². The minimum atomic E-state index is -0.372. The van der Waals surface area contributed by atoms with Crippen LogP contribution in [0.5, 0.6) is 0 Å². The van der Waals surface area contributed by atoms with Crippen molar-refractivity contribution in [1.82, 2.24) is 4.90 Å². The molecule has 4 heteroatoms. The molecule has 1 atom stereocenters. The van der Waals surface area contributed by atoms with Gasteiger partial charge in [-0.25, -0.2) is 9.69 Å². The van der Waals surface area contributed by atoms with E-state index in [0.29, 0.717) is 18.7 Å². The van der Waals surface area contributed by atoms with E-state index in [0.717, 1.165) is 16.7 Å². The van der Waals surface area contributed by atoms with Gasteiger partial charge in [0, 0.05) is 13.0 Å². The SMILES string of the molecule is Cc1cccc(N2C(=O)C3Cc4ccccc4CN3C2=O)c1. The van der Waals surface area contributed by atoms with Crippen molar-refractivity contribution >= 4 is 17.6 Å². The van der Waals surface area contributed by atoms with Gasteiger partial charge in [0.15, 0.2) is 0 Å². The van der Waals surface area contributed by atoms with E-state index in [1.165, 1.54) is 4.90 Å². The van der Waals surface area contributed by atoms with E-state index >= 15 is 0 Å². The summed E-state index contributed by atoms with van der Waals surface area (Å²) in [5.74, 6) is -0.120. The first-order valence-electron chi connectivity index (χ1n) is 7.43. The van der Waals surface area contributed by atoms with Gasteiger partial charge in [0.1, 0.15) is 6.04 Å². The lowest BCUT2D eigenvalue weighted by molar-refractivity contribution is -0.119. The van der Waals surface area contributed by atoms with Gasteiger partial charge < -0.3 is 4.90 Å². The van der Waals surface area contributed by atoms with Gasteiger partial charge in [0.2, 0.25) is 0 Å². The molecule has 4 rings (SSSR count). The quantitative estimate of drug-likeness (QED) is 0.758. The van der Waals surface area contributed by atoms with Gasteiger partial charge in [-0.1, -0.05) is 36.4 Å². The van der Waals surface area contributed by atoms with Crippen LogP contribution in [0, 0.1) is 6.92 Å². The van der Waals surface area contributed by atoms with Crippen molar-refractivity contribution in [2.45, 2.75) is 25.9 Å². The first-order chi connectivity index (χ1) is 10.6. The number of rotatable bonds is 1. The van der Waals surface area contributed by atoms with Crippen molar-refractivity contribution in [2.75, 3.05) is 4.90 Å². The van der Waals surface area contributed by atoms with Crippen LogP contribution in [0.4, 0.5) is 10.5 Å². The topological polar surface area (TPSA) is 40.6 Å². The molecule has 4 nitrogen and oxygen atoms in total. The second-order valence-electron chi connectivity index (χ2n) is 5.91. The van der Waals surface area contributed by atoms with Crippen LogP contribution in [0.2, 0.25) is 0 Å². The smallest absolute Gasteiger partial charge is 0.307 e. The Bertz CT molecular complexity index is 741. The standard InChI is InChI=1S/C18H16N2O2/c1-12-5-4-8-15(9-12)20-17(21)16-10-13-6-2-3-7-14(13)11-19(16)18(20)22/h2-9,16H,10-11H2,1H3. The Morgan fingerprint density at radius 3 is 2.55 bits per heavy atom. The average molecular weight is 292 g/mol. The summed E-state index contributed by atoms with van der Waals surface area (Å²) in [6.45, 7) is 2.46. The van der Waals surface area contributed by atoms with Gasteiger partial charge >= 0.3 is 6.03 Å². The predicted octanol–water partition coefficient (Wildman–Crippen LogP) is 2.89. The van der Waals surface area contributed by atoms with Gasteiger partial charge in [-0.15, -0.1) is 0 Å². The number of urea groups is 1. The Morgan fingerprint density at radius 2 is 1.77 bits per heavy atom. The van der Waals surface area contributed by atoms with Gasteiger partial charge in [0.05, 0.1) is 5.69 Å². The molecule has 0 N–H and O–H groups in total. The molecule has 1 unspecified atom stereocenters. The lowest BCUT2D eigenvalue weighted by Crippen LogP contribution is -2.39. The van der Waals surface area contributed by atoms with E-state index in [1.807, 2.05) is 55.5 Å². The number of fused-ring (bicyclic) bond motifs is 2. The monoisotopic (exact) mass is 292 g/mol. The summed E-state index contributed by atoms with van der Waals surface area (Å²) in [5, 5.41) is 0. The minimum absolute atomic E-state index is 0.120. The fourth-order valence-electron chi connectivity index (χ4n) is 3.32. The van der Waals surface area contributed by atoms with Gasteiger partial charge in [0.25, 0.3) is 5.91 Å². The molecule has 2 aliphatic rings. The minimum Gasteiger partial charge on any atom is -0.307 e. The number of carbonyl (C=O) groups excluding carboxylic acids is 2. The molecule has 0 aliphatic carbocycles. The van der Waals surface area contributed by atoms with Crippen LogP contribution in [-0.2, 0) is 17.8 Å². The van der Waals surface area contributed by atoms with Gasteiger partial charge in [-0.05, 0) is 35.7 Å². The molecular weight excluding hydrogens is 276 g/mol. The Kier molecular flexibility index (Phi) is 2.79. The van der Waals surface area contributed by atoms with Crippen LogP contribution in [0.1, 0.15) is 16.7 Å². The number of amides is 3. The second kappa shape index (κ2) is 4.70. The summed E-state index contributed by atoms with van der Waals surface area (Å²) in [6, 6.07) is 15.0. The van der Waals surface area contributed by atoms with Crippen molar-refractivity contribution in [3.8, 4) is 0 Å². The van der Waals surface area contributed by atoms with Crippen molar-refractivity contribution in [2.24, 2.45) is 0 Å². The first kappa shape index (κ1) is 13.1. The molecular formula is C18H16N2O2. The number of hydrogen-bond acceptors (Lipinski definition) is 2. The number of carbonyl (C=O) groups is 2. The van der Waals surface area contributed by atoms with Crippen molar-refractivity contribution in [1.29, 1.82) is 0 Å². The van der Waals surface area contributed by atoms with Crippen molar-refractivity contribution in [3.63, 3.8) is 0 Å². The van der Waals surface area contributed by atoms with Crippen LogP contribution >= 0.6 is 0 Å². The normalized spacial score (nSPS) is 20.1. The highest BCUT2D eigenvalue weighted by Gasteiger charge is 2.47. The number of nitrogens with zero attached hydrogens (tertiary/aromatic N) is 2. The molecule has 0 spiro atoms. The second-order valence-corrected chi connectivity index (χ2v) is 5.91. The summed E-state index contributed by atoms with van der Waals surface area (Å²) in [4.78, 5) is 28.4. The molecule has 110 valence electrons. The Hall–Kier alpha value is -2.62. The Morgan fingerprint density at radius 1 is 1.00 bits per heavy atom. The molecule has 3 amide bonds. The maximum Gasteiger partial charge on any atom is 0.332 e. The van der Waals surface area contributed by atoms with Gasteiger partial charge in [-0.2, -0.15) is 0 Å². The predicted molar refractivity (Wildman–Crippen MR) is 83.5 cm³/mol. The van der Waals surface area contributed by atoms with E-state index in [2.05, 4.69) is 0 Å². The van der Waals surface area contributed by atoms with Gasteiger partial charge in [-0.3, -0.25) is 4.79 Å². The van der Waals surface area contributed by atoms with Crippen molar-refractivity contribution < 1.29 is 9.59 Å². The summed E-state index contributed by atoms with van der Waals surface area (Å²) < 4.78 is 0. The number of hydrogen-bond donors (Lipinski definition) is 0. The lowest BCUT2D eigenvalue weighted by Gasteiger charge is -2.28. The number of imide groups is 1. The third kappa shape index (κ3) is 1.84. The highest BCUT2D eigenvalue weighted by molar-refractivity contribution is 6.21. The molecule has 0 bridgehead atoms. The molecule has 2 heterocycles. The first-order valence-corrected chi connectivity index (χ1v) is 7.43. The summed E-state index contributed by atoms with van der Waals surface area (Å²) >= 11 is 0. The third-order valence-electron chi connectivity index (χ3n) is 4.45. The zero-order chi connectivity index (χ0) is 15.3. The molecule has 0 saturated carbocycles. The fourth-order valence-corrected chi connectivity index (χ4v) is 3.32. The van der Waals surface area contributed by atoms with Crippen LogP contribution in [0.25, 0.3) is 0 Å². The zero-order valence-electron chi connectivity index (χ0n) is 12.3. The van der Waals surface area contributed by atoms with E-state index in [-0.39, 0.29) is 18.0 Å². The maximum absolute atomic E-state index is 12.7. The molecule has 22 heavy (non-hydrogen) atoms. The summed E-state index contributed by atoms with van der Waals surface area (Å²) in [7, 11) is 0. The van der Waals surface area contributed by atoms with E-state index in [9.17, 15) is 9.59 Å². The molecule has 1 fully saturated rings. The zero-order valence-corrected chi connectivity index (χ0v) is 12.3. The van der Waals surface area contributed by atoms with Crippen LogP contribution in [-0.4, -0.2) is 22.9 Å². The number of aryl methyl sites for hydroxylation is 1. The maximum atomic E-state index is 12.7. The molecule has 2 aromatic rings. The number of anilines is 1. The fraction of sp³-hybridized carbons (Fsp3) is 0.222. The molecule has 2 aromatic carbocycles. The lowest BCUT2D eigenvalue weighted by atomic mass is 9.95. The Balaban J connectivity index is 1.73. The van der Waals surface area contributed by atoms with Crippen LogP contribution in [0.15, 0.2) is 48.5 Å². The summed E-state index contributed by atoms with van der Waals surface area (Å²) in [6.07, 6.45) is 0.600. The highest BCUT2D eigenvalue weighted by Crippen LogP contribution is 2.32. The molecule has 1 saturated heterocycles. The average Bonchev–Trinajstić information content (AvgIpc) is 2.76. The van der Waals surface area contributed by atoms with E-state index < -0.39 is 0 Å². The number of benzene rings is 2. The molecule has 0 radical (unpaired) electrons. The van der Waals surface area contributed by atoms with E-state index in [4.69, 9.17) is 0 Å². The molecule has 0 aromatic heterocycles. The Labute approximate surface area is 129 Å². The largest absolute Gasteiger partial charge is 0.332 e. The van der Waals surface area contributed by atoms with Crippen LogP contribution in [0.3, 0.4) is 0 Å². The summed E-state index contributed by atoms with van der Waals surface area (Å²) in [5.41, 5.74) is 3.99. The van der Waals surface area contributed by atoms with Crippen molar-refractivity contribution in [3.05, 3.63) is 65.2 Å². The third-order valence-corrected chi connectivity index (χ3v) is 4.45.